The van der Waals surface area contributed by atoms with Gasteiger partial charge in [0.25, 0.3) is 10.2 Å². The fourth-order valence-corrected chi connectivity index (χ4v) is 4.03. The van der Waals surface area contributed by atoms with Crippen molar-refractivity contribution in [3.05, 3.63) is 12.4 Å². The molecule has 2 fully saturated rings. The number of hydrogen-bond donors (Lipinski definition) is 0. The normalized spacial score (nSPS) is 24.0. The minimum absolute atomic E-state index is 0.134. The van der Waals surface area contributed by atoms with Crippen molar-refractivity contribution in [1.29, 1.82) is 0 Å². The minimum Gasteiger partial charge on any atom is -0.247 e. The molecule has 0 aliphatic carbocycles. The van der Waals surface area contributed by atoms with Crippen LogP contribution in [0.4, 0.5) is 0 Å². The topological polar surface area (TPSA) is 71.3 Å². The maximum absolute atomic E-state index is 12.1. The molecule has 8 heteroatoms. The Morgan fingerprint density at radius 2 is 1.82 bits per heavy atom. The van der Waals surface area contributed by atoms with Crippen molar-refractivity contribution < 1.29 is 8.42 Å². The van der Waals surface area contributed by atoms with Crippen LogP contribution in [-0.2, 0) is 10.2 Å². The smallest absolute Gasteiger partial charge is 0.247 e. The van der Waals surface area contributed by atoms with E-state index in [2.05, 4.69) is 10.3 Å². The molecule has 7 nitrogen and oxygen atoms in total. The first kappa shape index (κ1) is 11.1. The predicted molar refractivity (Wildman–Crippen MR) is 60.4 cm³/mol. The van der Waals surface area contributed by atoms with Gasteiger partial charge >= 0.3 is 0 Å². The summed E-state index contributed by atoms with van der Waals surface area (Å²) in [7, 11) is -3.22. The Labute approximate surface area is 100 Å². The van der Waals surface area contributed by atoms with Gasteiger partial charge in [-0.15, -0.1) is 5.10 Å². The van der Waals surface area contributed by atoms with Gasteiger partial charge in [0.2, 0.25) is 0 Å². The van der Waals surface area contributed by atoms with Crippen LogP contribution >= 0.6 is 0 Å². The van der Waals surface area contributed by atoms with Crippen molar-refractivity contribution in [3.8, 4) is 0 Å². The maximum Gasteiger partial charge on any atom is 0.282 e. The standard InChI is InChI=1S/C9H15N5O2S/c15-17(16,12-4-1-2-5-12)13-7-9(8-13)14-6-3-10-11-14/h3,6,9H,1-2,4-5,7-8H2. The molecule has 2 saturated heterocycles. The van der Waals surface area contributed by atoms with Crippen LogP contribution in [0.15, 0.2) is 12.4 Å². The van der Waals surface area contributed by atoms with E-state index in [9.17, 15) is 8.42 Å². The van der Waals surface area contributed by atoms with Crippen molar-refractivity contribution >= 4 is 10.2 Å². The van der Waals surface area contributed by atoms with E-state index in [-0.39, 0.29) is 6.04 Å². The lowest BCUT2D eigenvalue weighted by molar-refractivity contribution is 0.178. The Balaban J connectivity index is 1.65. The molecule has 0 bridgehead atoms. The molecule has 0 aromatic carbocycles. The molecule has 0 N–H and O–H groups in total. The van der Waals surface area contributed by atoms with E-state index in [1.807, 2.05) is 0 Å². The number of hydrogen-bond acceptors (Lipinski definition) is 4. The van der Waals surface area contributed by atoms with Gasteiger partial charge in [-0.3, -0.25) is 0 Å². The van der Waals surface area contributed by atoms with E-state index >= 15 is 0 Å². The molecule has 0 spiro atoms. The molecule has 94 valence electrons. The monoisotopic (exact) mass is 257 g/mol. The van der Waals surface area contributed by atoms with Crippen molar-refractivity contribution in [3.63, 3.8) is 0 Å². The van der Waals surface area contributed by atoms with Gasteiger partial charge in [-0.2, -0.15) is 17.0 Å². The van der Waals surface area contributed by atoms with Crippen LogP contribution in [0.2, 0.25) is 0 Å². The average molecular weight is 257 g/mol. The number of nitrogens with zero attached hydrogens (tertiary/aromatic N) is 5. The highest BCUT2D eigenvalue weighted by atomic mass is 32.2. The lowest BCUT2D eigenvalue weighted by atomic mass is 10.2. The molecule has 0 amide bonds. The summed E-state index contributed by atoms with van der Waals surface area (Å²) in [6.45, 7) is 2.32. The molecule has 1 aromatic heterocycles. The van der Waals surface area contributed by atoms with Gasteiger partial charge in [-0.1, -0.05) is 5.21 Å². The van der Waals surface area contributed by atoms with E-state index in [0.717, 1.165) is 12.8 Å². The van der Waals surface area contributed by atoms with Gasteiger partial charge in [0.15, 0.2) is 0 Å². The molecule has 0 saturated carbocycles. The van der Waals surface area contributed by atoms with Crippen LogP contribution in [-0.4, -0.2) is 58.2 Å². The van der Waals surface area contributed by atoms with Crippen LogP contribution in [0.1, 0.15) is 18.9 Å². The van der Waals surface area contributed by atoms with Gasteiger partial charge < -0.3 is 0 Å². The second kappa shape index (κ2) is 4.04. The Morgan fingerprint density at radius 1 is 1.12 bits per heavy atom. The zero-order chi connectivity index (χ0) is 11.9. The zero-order valence-corrected chi connectivity index (χ0v) is 10.3. The first-order valence-electron chi connectivity index (χ1n) is 5.79. The van der Waals surface area contributed by atoms with E-state index < -0.39 is 10.2 Å². The SMILES string of the molecule is O=S(=O)(N1CCCC1)N1CC(n2ccnn2)C1. The van der Waals surface area contributed by atoms with Gasteiger partial charge in [0, 0.05) is 32.4 Å². The van der Waals surface area contributed by atoms with Crippen molar-refractivity contribution in [2.24, 2.45) is 0 Å². The van der Waals surface area contributed by atoms with Gasteiger partial charge in [0.05, 0.1) is 12.2 Å². The van der Waals surface area contributed by atoms with Gasteiger partial charge in [-0.05, 0) is 12.8 Å². The molecule has 3 rings (SSSR count). The number of aromatic nitrogens is 3. The Hall–Kier alpha value is -0.990. The second-order valence-electron chi connectivity index (χ2n) is 4.47. The highest BCUT2D eigenvalue weighted by Crippen LogP contribution is 2.26. The fourth-order valence-electron chi connectivity index (χ4n) is 2.27. The Morgan fingerprint density at radius 3 is 2.41 bits per heavy atom. The third-order valence-electron chi connectivity index (χ3n) is 3.36. The van der Waals surface area contributed by atoms with Gasteiger partial charge in [-0.25, -0.2) is 4.68 Å². The third-order valence-corrected chi connectivity index (χ3v) is 5.33. The molecule has 17 heavy (non-hydrogen) atoms. The summed E-state index contributed by atoms with van der Waals surface area (Å²) in [6.07, 6.45) is 5.32. The molecule has 1 aromatic rings. The summed E-state index contributed by atoms with van der Waals surface area (Å²) in [5, 5.41) is 7.61. The Kier molecular flexibility index (Phi) is 2.64. The van der Waals surface area contributed by atoms with Crippen molar-refractivity contribution in [2.75, 3.05) is 26.2 Å². The van der Waals surface area contributed by atoms with Crippen LogP contribution in [0.25, 0.3) is 0 Å². The summed E-state index contributed by atoms with van der Waals surface area (Å²) < 4.78 is 29.1. The third kappa shape index (κ3) is 1.85. The minimum atomic E-state index is -3.22. The first-order valence-corrected chi connectivity index (χ1v) is 7.18. The molecule has 0 unspecified atom stereocenters. The maximum atomic E-state index is 12.1. The quantitative estimate of drug-likeness (QED) is 0.730. The van der Waals surface area contributed by atoms with E-state index in [0.29, 0.717) is 26.2 Å². The molecule has 2 aliphatic heterocycles. The summed E-state index contributed by atoms with van der Waals surface area (Å²) in [5.41, 5.74) is 0. The van der Waals surface area contributed by atoms with Crippen LogP contribution in [0.5, 0.6) is 0 Å². The molecular formula is C9H15N5O2S. The van der Waals surface area contributed by atoms with E-state index in [1.165, 1.54) is 4.31 Å². The highest BCUT2D eigenvalue weighted by molar-refractivity contribution is 7.86. The lowest BCUT2D eigenvalue weighted by Crippen LogP contribution is -2.55. The number of rotatable bonds is 3. The fraction of sp³-hybridized carbons (Fsp3) is 0.778. The lowest BCUT2D eigenvalue weighted by Gasteiger charge is -2.39. The van der Waals surface area contributed by atoms with Crippen LogP contribution in [0.3, 0.4) is 0 Å². The van der Waals surface area contributed by atoms with Crippen LogP contribution in [0, 0.1) is 0 Å². The molecule has 0 atom stereocenters. The van der Waals surface area contributed by atoms with Crippen molar-refractivity contribution in [1.82, 2.24) is 23.6 Å². The van der Waals surface area contributed by atoms with E-state index in [4.69, 9.17) is 0 Å². The first-order chi connectivity index (χ1) is 8.18. The predicted octanol–water partition coefficient (Wildman–Crippen LogP) is -0.525. The highest BCUT2D eigenvalue weighted by Gasteiger charge is 2.41. The molecule has 3 heterocycles. The van der Waals surface area contributed by atoms with E-state index in [1.54, 1.807) is 21.4 Å². The molecular weight excluding hydrogens is 242 g/mol. The summed E-state index contributed by atoms with van der Waals surface area (Å²) in [4.78, 5) is 0. The Bertz CT molecular complexity index is 473. The largest absolute Gasteiger partial charge is 0.282 e. The van der Waals surface area contributed by atoms with Crippen molar-refractivity contribution in [2.45, 2.75) is 18.9 Å². The zero-order valence-electron chi connectivity index (χ0n) is 9.44. The molecule has 2 aliphatic rings. The van der Waals surface area contributed by atoms with Gasteiger partial charge in [0.1, 0.15) is 0 Å². The molecule has 0 radical (unpaired) electrons. The average Bonchev–Trinajstić information content (AvgIpc) is 2.87. The summed E-state index contributed by atoms with van der Waals surface area (Å²) in [5.74, 6) is 0. The summed E-state index contributed by atoms with van der Waals surface area (Å²) >= 11 is 0. The second-order valence-corrected chi connectivity index (χ2v) is 6.40. The van der Waals surface area contributed by atoms with Crippen LogP contribution < -0.4 is 0 Å². The summed E-state index contributed by atoms with van der Waals surface area (Å²) in [6, 6.07) is 0.134.